The van der Waals surface area contributed by atoms with Crippen molar-refractivity contribution in [2.45, 2.75) is 24.8 Å². The molecule has 18 heavy (non-hydrogen) atoms. The number of hydrogen-bond acceptors (Lipinski definition) is 3. The summed E-state index contributed by atoms with van der Waals surface area (Å²) in [4.78, 5) is 0.113. The predicted octanol–water partition coefficient (Wildman–Crippen LogP) is 1.44. The Labute approximate surface area is 113 Å². The lowest BCUT2D eigenvalue weighted by Gasteiger charge is -2.13. The van der Waals surface area contributed by atoms with Gasteiger partial charge in [-0.25, -0.2) is 17.5 Å². The number of likely N-dealkylation sites (N-methyl/N-ethyl adjacent to an activating group) is 1. The summed E-state index contributed by atoms with van der Waals surface area (Å²) in [6, 6.07) is 3.65. The van der Waals surface area contributed by atoms with E-state index >= 15 is 0 Å². The van der Waals surface area contributed by atoms with Crippen LogP contribution in [0.15, 0.2) is 23.1 Å². The van der Waals surface area contributed by atoms with Gasteiger partial charge in [0.05, 0.1) is 4.90 Å². The lowest BCUT2D eigenvalue weighted by Crippen LogP contribution is -2.37. The number of aryl methyl sites for hydroxylation is 1. The summed E-state index contributed by atoms with van der Waals surface area (Å²) in [6.07, 6.45) is 0. The highest BCUT2D eigenvalue weighted by Gasteiger charge is 2.17. The molecule has 0 fully saturated rings. The standard InChI is InChI=1S/C11H17FN2O2S.ClH/c1-8-6-10(12)4-5-11(8)17(15,16)14-7-9(2)13-3;/h4-6,9,13-14H,7H2,1-3H3;1H. The predicted molar refractivity (Wildman–Crippen MR) is 72.1 cm³/mol. The van der Waals surface area contributed by atoms with Gasteiger partial charge in [0.25, 0.3) is 0 Å². The first-order valence-corrected chi connectivity index (χ1v) is 6.78. The molecule has 0 bridgehead atoms. The molecule has 0 aliphatic heterocycles. The van der Waals surface area contributed by atoms with E-state index in [9.17, 15) is 12.8 Å². The molecule has 0 saturated heterocycles. The van der Waals surface area contributed by atoms with Crippen molar-refractivity contribution in [3.05, 3.63) is 29.6 Å². The van der Waals surface area contributed by atoms with Crippen molar-refractivity contribution in [2.24, 2.45) is 0 Å². The van der Waals surface area contributed by atoms with Gasteiger partial charge in [0, 0.05) is 12.6 Å². The summed E-state index contributed by atoms with van der Waals surface area (Å²) >= 11 is 0. The van der Waals surface area contributed by atoms with Crippen LogP contribution in [0.2, 0.25) is 0 Å². The maximum absolute atomic E-state index is 12.9. The smallest absolute Gasteiger partial charge is 0.240 e. The quantitative estimate of drug-likeness (QED) is 0.864. The van der Waals surface area contributed by atoms with Gasteiger partial charge in [-0.1, -0.05) is 0 Å². The van der Waals surface area contributed by atoms with Crippen LogP contribution < -0.4 is 10.0 Å². The highest BCUT2D eigenvalue weighted by Crippen LogP contribution is 2.15. The summed E-state index contributed by atoms with van der Waals surface area (Å²) < 4.78 is 39.2. The van der Waals surface area contributed by atoms with Crippen molar-refractivity contribution < 1.29 is 12.8 Å². The van der Waals surface area contributed by atoms with Gasteiger partial charge < -0.3 is 5.32 Å². The summed E-state index contributed by atoms with van der Waals surface area (Å²) in [7, 11) is -1.82. The van der Waals surface area contributed by atoms with E-state index in [-0.39, 0.29) is 29.9 Å². The molecule has 0 saturated carbocycles. The van der Waals surface area contributed by atoms with E-state index < -0.39 is 15.8 Å². The Morgan fingerprint density at radius 1 is 1.39 bits per heavy atom. The third kappa shape index (κ3) is 4.53. The maximum Gasteiger partial charge on any atom is 0.240 e. The van der Waals surface area contributed by atoms with Gasteiger partial charge in [0.2, 0.25) is 10.0 Å². The monoisotopic (exact) mass is 296 g/mol. The van der Waals surface area contributed by atoms with E-state index in [1.807, 2.05) is 6.92 Å². The molecular weight excluding hydrogens is 279 g/mol. The first-order chi connectivity index (χ1) is 7.86. The van der Waals surface area contributed by atoms with Crippen molar-refractivity contribution in [1.29, 1.82) is 0 Å². The fourth-order valence-electron chi connectivity index (χ4n) is 1.33. The summed E-state index contributed by atoms with van der Waals surface area (Å²) in [5, 5.41) is 2.93. The number of sulfonamides is 1. The molecular formula is C11H18ClFN2O2S. The third-order valence-electron chi connectivity index (χ3n) is 2.50. The Morgan fingerprint density at radius 2 is 2.00 bits per heavy atom. The van der Waals surface area contributed by atoms with Gasteiger partial charge in [-0.2, -0.15) is 0 Å². The van der Waals surface area contributed by atoms with E-state index in [2.05, 4.69) is 10.0 Å². The summed E-state index contributed by atoms with van der Waals surface area (Å²) in [5.41, 5.74) is 0.398. The van der Waals surface area contributed by atoms with E-state index in [4.69, 9.17) is 0 Å². The van der Waals surface area contributed by atoms with Crippen molar-refractivity contribution >= 4 is 22.4 Å². The van der Waals surface area contributed by atoms with Gasteiger partial charge in [0.1, 0.15) is 5.82 Å². The van der Waals surface area contributed by atoms with Crippen LogP contribution in [0.1, 0.15) is 12.5 Å². The van der Waals surface area contributed by atoms with E-state index in [0.717, 1.165) is 6.07 Å². The molecule has 0 spiro atoms. The fraction of sp³-hybridized carbons (Fsp3) is 0.455. The Balaban J connectivity index is 0.00000289. The molecule has 1 unspecified atom stereocenters. The molecule has 0 aliphatic rings. The van der Waals surface area contributed by atoms with Crippen LogP contribution in [0.5, 0.6) is 0 Å². The van der Waals surface area contributed by atoms with Crippen LogP contribution in [0.3, 0.4) is 0 Å². The summed E-state index contributed by atoms with van der Waals surface area (Å²) in [5.74, 6) is -0.440. The summed E-state index contributed by atoms with van der Waals surface area (Å²) in [6.45, 7) is 3.72. The minimum Gasteiger partial charge on any atom is -0.316 e. The Kier molecular flexibility index (Phi) is 6.77. The van der Waals surface area contributed by atoms with Crippen LogP contribution in [-0.2, 0) is 10.0 Å². The molecule has 4 nitrogen and oxygen atoms in total. The molecule has 1 rings (SSSR count). The molecule has 0 aliphatic carbocycles. The molecule has 104 valence electrons. The maximum atomic E-state index is 12.9. The lowest BCUT2D eigenvalue weighted by atomic mass is 10.2. The van der Waals surface area contributed by atoms with Crippen LogP contribution in [-0.4, -0.2) is 28.1 Å². The SMILES string of the molecule is CNC(C)CNS(=O)(=O)c1ccc(F)cc1C.Cl. The van der Waals surface area contributed by atoms with Crippen molar-refractivity contribution in [3.8, 4) is 0 Å². The Bertz CT molecular complexity index is 494. The van der Waals surface area contributed by atoms with Crippen LogP contribution >= 0.6 is 12.4 Å². The molecule has 0 heterocycles. The van der Waals surface area contributed by atoms with Gasteiger partial charge in [0.15, 0.2) is 0 Å². The van der Waals surface area contributed by atoms with Gasteiger partial charge in [-0.05, 0) is 44.7 Å². The van der Waals surface area contributed by atoms with Crippen LogP contribution in [0.25, 0.3) is 0 Å². The lowest BCUT2D eigenvalue weighted by molar-refractivity contribution is 0.553. The fourth-order valence-corrected chi connectivity index (χ4v) is 2.68. The largest absolute Gasteiger partial charge is 0.316 e. The average molecular weight is 297 g/mol. The molecule has 0 amide bonds. The molecule has 1 aromatic rings. The van der Waals surface area contributed by atoms with Crippen LogP contribution in [0, 0.1) is 12.7 Å². The topological polar surface area (TPSA) is 58.2 Å². The molecule has 0 aromatic heterocycles. The number of halogens is 2. The Morgan fingerprint density at radius 3 is 2.50 bits per heavy atom. The second-order valence-corrected chi connectivity index (χ2v) is 5.69. The number of benzene rings is 1. The zero-order valence-electron chi connectivity index (χ0n) is 10.5. The zero-order chi connectivity index (χ0) is 13.1. The minimum absolute atomic E-state index is 0. The van der Waals surface area contributed by atoms with E-state index in [1.54, 1.807) is 14.0 Å². The highest BCUT2D eigenvalue weighted by molar-refractivity contribution is 7.89. The Hall–Kier alpha value is -0.690. The van der Waals surface area contributed by atoms with E-state index in [0.29, 0.717) is 5.56 Å². The molecule has 2 N–H and O–H groups in total. The number of rotatable bonds is 5. The normalized spacial score (nSPS) is 12.9. The first kappa shape index (κ1) is 17.3. The molecule has 0 radical (unpaired) electrons. The van der Waals surface area contributed by atoms with E-state index in [1.165, 1.54) is 12.1 Å². The highest BCUT2D eigenvalue weighted by atomic mass is 35.5. The van der Waals surface area contributed by atoms with Crippen LogP contribution in [0.4, 0.5) is 4.39 Å². The third-order valence-corrected chi connectivity index (χ3v) is 4.08. The second-order valence-electron chi connectivity index (χ2n) is 3.95. The van der Waals surface area contributed by atoms with Crippen molar-refractivity contribution in [2.75, 3.05) is 13.6 Å². The second kappa shape index (κ2) is 7.04. The average Bonchev–Trinajstić information content (AvgIpc) is 2.25. The zero-order valence-corrected chi connectivity index (χ0v) is 12.2. The van der Waals surface area contributed by atoms with Gasteiger partial charge in [-0.3, -0.25) is 0 Å². The first-order valence-electron chi connectivity index (χ1n) is 5.30. The molecule has 7 heteroatoms. The van der Waals surface area contributed by atoms with Crippen molar-refractivity contribution in [3.63, 3.8) is 0 Å². The molecule has 1 aromatic carbocycles. The van der Waals surface area contributed by atoms with Crippen molar-refractivity contribution in [1.82, 2.24) is 10.0 Å². The molecule has 1 atom stereocenters. The number of nitrogens with one attached hydrogen (secondary N) is 2. The number of hydrogen-bond donors (Lipinski definition) is 2. The van der Waals surface area contributed by atoms with Gasteiger partial charge in [-0.15, -0.1) is 12.4 Å². The van der Waals surface area contributed by atoms with Gasteiger partial charge >= 0.3 is 0 Å². The minimum atomic E-state index is -3.57.